The molecule has 0 saturated carbocycles. The van der Waals surface area contributed by atoms with Crippen LogP contribution in [0.3, 0.4) is 0 Å². The van der Waals surface area contributed by atoms with Gasteiger partial charge >= 0.3 is 5.97 Å². The Morgan fingerprint density at radius 2 is 2.19 bits per heavy atom. The molecule has 0 fully saturated rings. The average molecular weight is 315 g/mol. The highest BCUT2D eigenvalue weighted by atomic mass is 32.2. The molecule has 0 heterocycles. The molecule has 1 aromatic rings. The second-order valence-electron chi connectivity index (χ2n) is 4.21. The van der Waals surface area contributed by atoms with Gasteiger partial charge in [-0.15, -0.1) is 11.8 Å². The Hall–Kier alpha value is -1.76. The second-order valence-corrected chi connectivity index (χ2v) is 5.31. The smallest absolute Gasteiger partial charge is 0.313 e. The third kappa shape index (κ3) is 8.91. The van der Waals surface area contributed by atoms with Crippen molar-refractivity contribution in [2.75, 3.05) is 24.7 Å². The van der Waals surface area contributed by atoms with Crippen LogP contribution in [0.2, 0.25) is 0 Å². The number of rotatable bonds is 10. The molecule has 0 aliphatic carbocycles. The van der Waals surface area contributed by atoms with Gasteiger partial charge in [-0.2, -0.15) is 0 Å². The maximum atomic E-state index is 12.9. The van der Waals surface area contributed by atoms with E-state index in [2.05, 4.69) is 5.32 Å². The summed E-state index contributed by atoms with van der Waals surface area (Å²) in [6.07, 6.45) is 0.851. The molecule has 5 nitrogen and oxygen atoms in total. The molecule has 0 bridgehead atoms. The van der Waals surface area contributed by atoms with Crippen molar-refractivity contribution >= 4 is 23.6 Å². The molecule has 0 saturated heterocycles. The van der Waals surface area contributed by atoms with E-state index in [9.17, 15) is 14.0 Å². The zero-order chi connectivity index (χ0) is 15.5. The molecular formula is C14H18FNO4S. The van der Waals surface area contributed by atoms with Gasteiger partial charge in [-0.25, -0.2) is 4.39 Å². The van der Waals surface area contributed by atoms with Crippen LogP contribution in [0.4, 0.5) is 4.39 Å². The number of carboxylic acids is 1. The first-order valence-electron chi connectivity index (χ1n) is 6.52. The van der Waals surface area contributed by atoms with Crippen molar-refractivity contribution < 1.29 is 23.8 Å². The number of carbonyl (C=O) groups excluding carboxylic acids is 1. The first-order valence-corrected chi connectivity index (χ1v) is 7.68. The highest BCUT2D eigenvalue weighted by Crippen LogP contribution is 2.12. The van der Waals surface area contributed by atoms with Crippen molar-refractivity contribution in [2.45, 2.75) is 12.8 Å². The van der Waals surface area contributed by atoms with E-state index in [0.29, 0.717) is 37.5 Å². The van der Waals surface area contributed by atoms with Crippen LogP contribution in [0, 0.1) is 5.82 Å². The lowest BCUT2D eigenvalue weighted by Gasteiger charge is -2.07. The SMILES string of the molecule is O=C(O)CSCCNC(=O)CCCOc1cccc(F)c1. The normalized spacial score (nSPS) is 10.1. The predicted molar refractivity (Wildman–Crippen MR) is 79.1 cm³/mol. The van der Waals surface area contributed by atoms with E-state index in [4.69, 9.17) is 9.84 Å². The lowest BCUT2D eigenvalue weighted by Crippen LogP contribution is -2.26. The van der Waals surface area contributed by atoms with Gasteiger partial charge in [0.25, 0.3) is 0 Å². The number of halogens is 1. The van der Waals surface area contributed by atoms with Crippen LogP contribution in [0.25, 0.3) is 0 Å². The number of nitrogens with one attached hydrogen (secondary N) is 1. The van der Waals surface area contributed by atoms with Crippen molar-refractivity contribution in [3.05, 3.63) is 30.1 Å². The van der Waals surface area contributed by atoms with Crippen LogP contribution in [0.15, 0.2) is 24.3 Å². The molecule has 0 atom stereocenters. The summed E-state index contributed by atoms with van der Waals surface area (Å²) >= 11 is 1.26. The maximum absolute atomic E-state index is 12.9. The lowest BCUT2D eigenvalue weighted by molar-refractivity contribution is -0.133. The van der Waals surface area contributed by atoms with Crippen LogP contribution >= 0.6 is 11.8 Å². The maximum Gasteiger partial charge on any atom is 0.313 e. The highest BCUT2D eigenvalue weighted by molar-refractivity contribution is 7.99. The fourth-order valence-electron chi connectivity index (χ4n) is 1.49. The Morgan fingerprint density at radius 1 is 1.38 bits per heavy atom. The van der Waals surface area contributed by atoms with E-state index < -0.39 is 5.97 Å². The van der Waals surface area contributed by atoms with Gasteiger partial charge in [0.15, 0.2) is 0 Å². The van der Waals surface area contributed by atoms with E-state index in [1.54, 1.807) is 12.1 Å². The summed E-state index contributed by atoms with van der Waals surface area (Å²) in [4.78, 5) is 21.7. The summed E-state index contributed by atoms with van der Waals surface area (Å²) in [5, 5.41) is 11.1. The van der Waals surface area contributed by atoms with E-state index >= 15 is 0 Å². The quantitative estimate of drug-likeness (QED) is 0.645. The molecule has 0 radical (unpaired) electrons. The summed E-state index contributed by atoms with van der Waals surface area (Å²) in [6.45, 7) is 0.784. The lowest BCUT2D eigenvalue weighted by atomic mass is 10.3. The molecule has 1 rings (SSSR count). The first-order chi connectivity index (χ1) is 10.1. The summed E-state index contributed by atoms with van der Waals surface area (Å²) in [7, 11) is 0. The van der Waals surface area contributed by atoms with E-state index in [0.717, 1.165) is 0 Å². The topological polar surface area (TPSA) is 75.6 Å². The Balaban J connectivity index is 2.02. The number of thioether (sulfide) groups is 1. The van der Waals surface area contributed by atoms with Crippen LogP contribution in [-0.4, -0.2) is 41.6 Å². The van der Waals surface area contributed by atoms with Gasteiger partial charge in [-0.05, 0) is 18.6 Å². The summed E-state index contributed by atoms with van der Waals surface area (Å²) < 4.78 is 18.2. The Morgan fingerprint density at radius 3 is 2.90 bits per heavy atom. The van der Waals surface area contributed by atoms with E-state index in [1.807, 2.05) is 0 Å². The zero-order valence-corrected chi connectivity index (χ0v) is 12.3. The highest BCUT2D eigenvalue weighted by Gasteiger charge is 2.02. The van der Waals surface area contributed by atoms with Crippen LogP contribution in [-0.2, 0) is 9.59 Å². The minimum Gasteiger partial charge on any atom is -0.493 e. The molecular weight excluding hydrogens is 297 g/mol. The average Bonchev–Trinajstić information content (AvgIpc) is 2.43. The number of amides is 1. The number of carbonyl (C=O) groups is 2. The largest absolute Gasteiger partial charge is 0.493 e. The molecule has 0 aliphatic heterocycles. The molecule has 21 heavy (non-hydrogen) atoms. The Kier molecular flexibility index (Phi) is 8.27. The van der Waals surface area contributed by atoms with Crippen molar-refractivity contribution in [2.24, 2.45) is 0 Å². The van der Waals surface area contributed by atoms with Crippen molar-refractivity contribution in [1.82, 2.24) is 5.32 Å². The van der Waals surface area contributed by atoms with Gasteiger partial charge in [0.05, 0.1) is 12.4 Å². The number of hydrogen-bond donors (Lipinski definition) is 2. The van der Waals surface area contributed by atoms with Gasteiger partial charge in [-0.3, -0.25) is 9.59 Å². The van der Waals surface area contributed by atoms with Crippen LogP contribution < -0.4 is 10.1 Å². The summed E-state index contributed by atoms with van der Waals surface area (Å²) in [6, 6.07) is 5.84. The summed E-state index contributed by atoms with van der Waals surface area (Å²) in [5.41, 5.74) is 0. The third-order valence-electron chi connectivity index (χ3n) is 2.41. The van der Waals surface area contributed by atoms with Gasteiger partial charge in [0.1, 0.15) is 11.6 Å². The number of ether oxygens (including phenoxy) is 1. The molecule has 0 aromatic heterocycles. The number of hydrogen-bond acceptors (Lipinski definition) is 4. The van der Waals surface area contributed by atoms with Crippen molar-refractivity contribution in [1.29, 1.82) is 0 Å². The van der Waals surface area contributed by atoms with E-state index in [1.165, 1.54) is 23.9 Å². The molecule has 1 aromatic carbocycles. The molecule has 0 aliphatic rings. The van der Waals surface area contributed by atoms with Gasteiger partial charge in [0.2, 0.25) is 5.91 Å². The first kappa shape index (κ1) is 17.3. The third-order valence-corrected chi connectivity index (χ3v) is 3.35. The monoisotopic (exact) mass is 315 g/mol. The predicted octanol–water partition coefficient (Wildman–Crippen LogP) is 1.92. The van der Waals surface area contributed by atoms with Gasteiger partial charge in [0, 0.05) is 24.8 Å². The summed E-state index contributed by atoms with van der Waals surface area (Å²) in [5.74, 6) is -0.269. The number of aliphatic carboxylic acids is 1. The second kappa shape index (κ2) is 10.0. The fourth-order valence-corrected chi connectivity index (χ4v) is 2.06. The standard InChI is InChI=1S/C14H18FNO4S/c15-11-3-1-4-12(9-11)20-7-2-5-13(17)16-6-8-21-10-14(18)19/h1,3-4,9H,2,5-8,10H2,(H,16,17)(H,18,19). The molecule has 1 amide bonds. The Bertz CT molecular complexity index is 470. The molecule has 0 unspecified atom stereocenters. The zero-order valence-electron chi connectivity index (χ0n) is 11.5. The minimum absolute atomic E-state index is 0.0390. The van der Waals surface area contributed by atoms with E-state index in [-0.39, 0.29) is 17.5 Å². The van der Waals surface area contributed by atoms with Crippen molar-refractivity contribution in [3.8, 4) is 5.75 Å². The Labute approximate surface area is 126 Å². The van der Waals surface area contributed by atoms with Crippen LogP contribution in [0.1, 0.15) is 12.8 Å². The van der Waals surface area contributed by atoms with Gasteiger partial charge in [-0.1, -0.05) is 6.07 Å². The molecule has 2 N–H and O–H groups in total. The van der Waals surface area contributed by atoms with Crippen LogP contribution in [0.5, 0.6) is 5.75 Å². The molecule has 0 spiro atoms. The number of benzene rings is 1. The molecule has 116 valence electrons. The number of carboxylic acid groups (broad SMARTS) is 1. The molecule has 7 heteroatoms. The van der Waals surface area contributed by atoms with Gasteiger partial charge < -0.3 is 15.2 Å². The minimum atomic E-state index is -0.860. The van der Waals surface area contributed by atoms with Crippen molar-refractivity contribution in [3.63, 3.8) is 0 Å². The fraction of sp³-hybridized carbons (Fsp3) is 0.429.